The van der Waals surface area contributed by atoms with Crippen LogP contribution in [0, 0.1) is 0 Å². The van der Waals surface area contributed by atoms with Crippen molar-refractivity contribution in [3.05, 3.63) is 39.6 Å². The van der Waals surface area contributed by atoms with E-state index in [0.717, 1.165) is 23.5 Å². The third kappa shape index (κ3) is 2.82. The van der Waals surface area contributed by atoms with Gasteiger partial charge in [0.05, 0.1) is 29.7 Å². The second-order valence-corrected chi connectivity index (χ2v) is 8.50. The summed E-state index contributed by atoms with van der Waals surface area (Å²) in [5, 5.41) is 0. The van der Waals surface area contributed by atoms with E-state index in [1.54, 1.807) is 6.26 Å². The van der Waals surface area contributed by atoms with Gasteiger partial charge in [-0.05, 0) is 102 Å². The zero-order valence-electron chi connectivity index (χ0n) is 9.65. The molecule has 0 aromatic carbocycles. The molecule has 0 aliphatic heterocycles. The van der Waals surface area contributed by atoms with Crippen LogP contribution in [0.4, 0.5) is 0 Å². The van der Waals surface area contributed by atoms with Crippen molar-refractivity contribution in [2.75, 3.05) is 0 Å². The lowest BCUT2D eigenvalue weighted by Crippen LogP contribution is -1.79. The van der Waals surface area contributed by atoms with Crippen LogP contribution in [-0.4, -0.2) is 0 Å². The van der Waals surface area contributed by atoms with Crippen LogP contribution in [0.5, 0.6) is 0 Å². The summed E-state index contributed by atoms with van der Waals surface area (Å²) in [5.74, 6) is 1.71. The molecule has 0 saturated heterocycles. The Hall–Kier alpha value is 0.720. The van der Waals surface area contributed by atoms with E-state index < -0.39 is 0 Å². The molecule has 0 radical (unpaired) electrons. The highest BCUT2D eigenvalue weighted by molar-refractivity contribution is 9.14. The highest BCUT2D eigenvalue weighted by atomic mass is 79.9. The summed E-state index contributed by atoms with van der Waals surface area (Å²) in [6.07, 6.45) is 1.60. The summed E-state index contributed by atoms with van der Waals surface area (Å²) in [5.41, 5.74) is 0.744. The highest BCUT2D eigenvalue weighted by Crippen LogP contribution is 2.51. The number of hydrogen-bond acceptors (Lipinski definition) is 3. The molecule has 3 aromatic heterocycles. The zero-order valence-corrected chi connectivity index (χ0v) is 19.2. The molecule has 0 unspecified atom stereocenters. The van der Waals surface area contributed by atoms with E-state index in [-0.39, 0.29) is 0 Å². The van der Waals surface area contributed by atoms with Gasteiger partial charge < -0.3 is 13.3 Å². The van der Waals surface area contributed by atoms with Crippen LogP contribution in [0.2, 0.25) is 0 Å². The Balaban J connectivity index is 2.32. The average Bonchev–Trinajstić information content (AvgIpc) is 3.05. The van der Waals surface area contributed by atoms with Gasteiger partial charge in [-0.2, -0.15) is 0 Å². The molecule has 110 valence electrons. The van der Waals surface area contributed by atoms with E-state index in [4.69, 9.17) is 13.3 Å². The third-order valence-electron chi connectivity index (χ3n) is 2.62. The standard InChI is InChI=1S/C12H2Br6O3/c13-3-1-2-19-8(3)4-5(14)11(17)20-9(4)10-6(15)7(16)12(18)21-10/h1-2H. The second-order valence-electron chi connectivity index (χ2n) is 3.82. The van der Waals surface area contributed by atoms with Gasteiger partial charge in [-0.1, -0.05) is 0 Å². The Morgan fingerprint density at radius 1 is 0.667 bits per heavy atom. The van der Waals surface area contributed by atoms with Gasteiger partial charge in [-0.3, -0.25) is 0 Å². The number of halogens is 6. The number of hydrogen-bond donors (Lipinski definition) is 0. The van der Waals surface area contributed by atoms with Crippen molar-refractivity contribution in [1.82, 2.24) is 0 Å². The van der Waals surface area contributed by atoms with Gasteiger partial charge >= 0.3 is 0 Å². The number of furan rings is 3. The molecule has 3 nitrogen and oxygen atoms in total. The maximum absolute atomic E-state index is 5.78. The van der Waals surface area contributed by atoms with Crippen LogP contribution in [0.3, 0.4) is 0 Å². The predicted octanol–water partition coefficient (Wildman–Crippen LogP) is 8.37. The largest absolute Gasteiger partial charge is 0.463 e. The normalized spacial score (nSPS) is 11.3. The first-order chi connectivity index (χ1) is 9.91. The lowest BCUT2D eigenvalue weighted by atomic mass is 10.1. The lowest BCUT2D eigenvalue weighted by Gasteiger charge is -1.99. The summed E-state index contributed by atoms with van der Waals surface area (Å²) in [6, 6.07) is 1.81. The molecular formula is C12H2Br6O3. The molecule has 3 rings (SSSR count). The van der Waals surface area contributed by atoms with Crippen molar-refractivity contribution in [3.8, 4) is 22.8 Å². The summed E-state index contributed by atoms with van der Waals surface area (Å²) in [6.45, 7) is 0. The van der Waals surface area contributed by atoms with Crippen LogP contribution in [-0.2, 0) is 0 Å². The highest BCUT2D eigenvalue weighted by Gasteiger charge is 2.29. The predicted molar refractivity (Wildman–Crippen MR) is 100 cm³/mol. The van der Waals surface area contributed by atoms with Crippen molar-refractivity contribution in [2.45, 2.75) is 0 Å². The molecule has 3 heterocycles. The SMILES string of the molecule is Brc1ccoc1-c1c(-c2oc(Br)c(Br)c2Br)oc(Br)c1Br. The topological polar surface area (TPSA) is 39.4 Å². The smallest absolute Gasteiger partial charge is 0.187 e. The number of rotatable bonds is 2. The molecule has 0 saturated carbocycles. The molecule has 0 spiro atoms. The van der Waals surface area contributed by atoms with Crippen LogP contribution < -0.4 is 0 Å². The third-order valence-corrected chi connectivity index (χ3v) is 8.22. The van der Waals surface area contributed by atoms with Crippen LogP contribution in [0.15, 0.2) is 52.8 Å². The van der Waals surface area contributed by atoms with Crippen molar-refractivity contribution in [3.63, 3.8) is 0 Å². The van der Waals surface area contributed by atoms with Gasteiger partial charge in [0, 0.05) is 0 Å². The molecule has 0 fully saturated rings. The summed E-state index contributed by atoms with van der Waals surface area (Å²) < 4.78 is 21.2. The van der Waals surface area contributed by atoms with Gasteiger partial charge in [0.2, 0.25) is 0 Å². The average molecular weight is 674 g/mol. The van der Waals surface area contributed by atoms with Crippen LogP contribution in [0.25, 0.3) is 22.8 Å². The molecule has 0 aliphatic rings. The fraction of sp³-hybridized carbons (Fsp3) is 0. The maximum atomic E-state index is 5.78. The first-order valence-electron chi connectivity index (χ1n) is 5.26. The Bertz CT molecular complexity index is 829. The van der Waals surface area contributed by atoms with Gasteiger partial charge in [-0.25, -0.2) is 0 Å². The molecule has 0 atom stereocenters. The van der Waals surface area contributed by atoms with E-state index in [1.165, 1.54) is 0 Å². The van der Waals surface area contributed by atoms with E-state index >= 15 is 0 Å². The summed E-state index contributed by atoms with van der Waals surface area (Å²) in [4.78, 5) is 0. The fourth-order valence-corrected chi connectivity index (χ4v) is 4.26. The van der Waals surface area contributed by atoms with E-state index in [0.29, 0.717) is 26.6 Å². The summed E-state index contributed by atoms with van der Waals surface area (Å²) in [7, 11) is 0. The molecule has 0 aliphatic carbocycles. The molecule has 0 bridgehead atoms. The quantitative estimate of drug-likeness (QED) is 0.275. The van der Waals surface area contributed by atoms with E-state index in [9.17, 15) is 0 Å². The Labute approximate surface area is 169 Å². The first kappa shape index (κ1) is 16.6. The molecule has 0 N–H and O–H groups in total. The van der Waals surface area contributed by atoms with Crippen molar-refractivity contribution in [2.24, 2.45) is 0 Å². The van der Waals surface area contributed by atoms with Gasteiger partial charge in [-0.15, -0.1) is 0 Å². The van der Waals surface area contributed by atoms with Crippen LogP contribution in [0.1, 0.15) is 0 Å². The minimum absolute atomic E-state index is 0.530. The molecule has 3 aromatic rings. The zero-order chi connectivity index (χ0) is 15.3. The maximum Gasteiger partial charge on any atom is 0.187 e. The molecular weight excluding hydrogens is 672 g/mol. The van der Waals surface area contributed by atoms with Gasteiger partial charge in [0.15, 0.2) is 26.6 Å². The molecule has 9 heteroatoms. The second kappa shape index (κ2) is 6.32. The van der Waals surface area contributed by atoms with Gasteiger partial charge in [0.1, 0.15) is 0 Å². The van der Waals surface area contributed by atoms with Crippen molar-refractivity contribution >= 4 is 95.6 Å². The monoisotopic (exact) mass is 668 g/mol. The van der Waals surface area contributed by atoms with E-state index in [1.807, 2.05) is 6.07 Å². The Kier molecular flexibility index (Phi) is 4.98. The van der Waals surface area contributed by atoms with Crippen molar-refractivity contribution < 1.29 is 13.3 Å². The first-order valence-corrected chi connectivity index (χ1v) is 10.0. The minimum Gasteiger partial charge on any atom is -0.463 e. The van der Waals surface area contributed by atoms with E-state index in [2.05, 4.69) is 95.6 Å². The molecule has 0 amide bonds. The molecule has 21 heavy (non-hydrogen) atoms. The lowest BCUT2D eigenvalue weighted by molar-refractivity contribution is 0.497. The Morgan fingerprint density at radius 3 is 1.81 bits per heavy atom. The van der Waals surface area contributed by atoms with Gasteiger partial charge in [0.25, 0.3) is 0 Å². The van der Waals surface area contributed by atoms with Crippen LogP contribution >= 0.6 is 95.6 Å². The fourth-order valence-electron chi connectivity index (χ4n) is 1.73. The Morgan fingerprint density at radius 2 is 1.29 bits per heavy atom. The summed E-state index contributed by atoms with van der Waals surface area (Å²) >= 11 is 20.6. The minimum atomic E-state index is 0.530. The van der Waals surface area contributed by atoms with Crippen molar-refractivity contribution in [1.29, 1.82) is 0 Å².